The van der Waals surface area contributed by atoms with Crippen molar-refractivity contribution in [1.82, 2.24) is 42.1 Å². The lowest BCUT2D eigenvalue weighted by Crippen LogP contribution is -2.60. The Morgan fingerprint density at radius 1 is 0.739 bits per heavy atom. The van der Waals surface area contributed by atoms with Gasteiger partial charge in [0.15, 0.2) is 5.96 Å². The number of carbonyl (C=O) groups excluding carboxylic acids is 8. The van der Waals surface area contributed by atoms with Crippen molar-refractivity contribution in [1.29, 1.82) is 0 Å². The van der Waals surface area contributed by atoms with Gasteiger partial charge in [-0.25, -0.2) is 4.79 Å². The number of aliphatic imine (C=N–C) groups is 1. The molecule has 0 aromatic heterocycles. The van der Waals surface area contributed by atoms with Gasteiger partial charge in [-0.15, -0.1) is 0 Å². The second kappa shape index (κ2) is 29.6. The number of carboxylic acid groups (broad SMARTS) is 2. The molecule has 1 heterocycles. The zero-order valence-corrected chi connectivity index (χ0v) is 38.6. The molecule has 1 fully saturated rings. The molecule has 0 saturated carbocycles. The Kier molecular flexibility index (Phi) is 24.9. The molecule has 1 aliphatic rings. The van der Waals surface area contributed by atoms with Crippen molar-refractivity contribution < 1.29 is 68.4 Å². The third kappa shape index (κ3) is 20.3. The second-order valence-corrected chi connectivity index (χ2v) is 16.5. The number of unbranched alkanes of at least 4 members (excludes halogenated alkanes) is 1. The maximum Gasteiger partial charge on any atom is 0.326 e. The van der Waals surface area contributed by atoms with Crippen molar-refractivity contribution in [3.63, 3.8) is 0 Å². The Hall–Kier alpha value is -7.13. The first kappa shape index (κ1) is 58.0. The van der Waals surface area contributed by atoms with Crippen molar-refractivity contribution in [3.05, 3.63) is 29.8 Å². The summed E-state index contributed by atoms with van der Waals surface area (Å²) in [6.45, 7) is 1.40. The third-order valence-corrected chi connectivity index (χ3v) is 10.7. The smallest absolute Gasteiger partial charge is 0.326 e. The largest absolute Gasteiger partial charge is 0.508 e. The predicted octanol–water partition coefficient (Wildman–Crippen LogP) is -5.70. The minimum Gasteiger partial charge on any atom is -0.508 e. The lowest BCUT2D eigenvalue weighted by atomic mass is 10.0. The number of aliphatic hydroxyl groups excluding tert-OH is 1. The molecule has 2 rings (SSSR count). The highest BCUT2D eigenvalue weighted by Crippen LogP contribution is 2.20. The van der Waals surface area contributed by atoms with E-state index in [-0.39, 0.29) is 69.9 Å². The SMILES string of the molecule is CC(C)[C@H](NC(=O)CNC(=O)[C@@H]1CCCN1C(=O)[C@H](CCCCN)NC(=O)[C@H](CC(=O)O)NC(=O)[C@H](CO)NC(=O)[C@H](CCCN=C(N)N)NC(=O)CN)C(=O)N[C@@H](Cc1ccc(O)cc1)C(=O)O. The van der Waals surface area contributed by atoms with E-state index >= 15 is 0 Å². The standard InChI is InChI=1S/C42H67N13O14/c1-22(2)34(39(66)52-28(41(68)69)17-23-10-12-24(57)13-11-23)54-32(59)20-48-38(65)30-9-6-16-55(30)40(67)26(7-3-4-14-43)50-36(63)27(18-33(60)61)51-37(64)29(21-56)53-35(62)25(49-31(58)19-44)8-5-15-47-42(45)46/h10-13,22,25-30,34,56-57H,3-9,14-21,43-44H2,1-2H3,(H,48,65)(H,49,58)(H,50,63)(H,51,64)(H,52,66)(H,53,62)(H,54,59)(H,60,61)(H,68,69)(H4,45,46,47)/t25-,26-,27-,28-,29-,30-,34-/m0/s1. The molecule has 19 N–H and O–H groups in total. The molecule has 8 amide bonds. The van der Waals surface area contributed by atoms with Gasteiger partial charge >= 0.3 is 11.9 Å². The molecular formula is C42H67N13O14. The third-order valence-electron chi connectivity index (χ3n) is 10.7. The summed E-state index contributed by atoms with van der Waals surface area (Å²) in [4.78, 5) is 135. The fraction of sp³-hybridized carbons (Fsp3) is 0.595. The molecule has 1 aliphatic heterocycles. The highest BCUT2D eigenvalue weighted by atomic mass is 16.4. The zero-order chi connectivity index (χ0) is 51.8. The van der Waals surface area contributed by atoms with Crippen molar-refractivity contribution in [2.24, 2.45) is 33.8 Å². The van der Waals surface area contributed by atoms with Gasteiger partial charge in [0.05, 0.1) is 26.1 Å². The maximum absolute atomic E-state index is 14.1. The summed E-state index contributed by atoms with van der Waals surface area (Å²) < 4.78 is 0. The number of carbonyl (C=O) groups is 10. The molecular weight excluding hydrogens is 911 g/mol. The van der Waals surface area contributed by atoms with Crippen molar-refractivity contribution in [2.75, 3.05) is 39.3 Å². The number of aliphatic hydroxyl groups is 1. The number of nitrogens with one attached hydrogen (secondary N) is 7. The second-order valence-electron chi connectivity index (χ2n) is 16.5. The summed E-state index contributed by atoms with van der Waals surface area (Å²) in [7, 11) is 0. The summed E-state index contributed by atoms with van der Waals surface area (Å²) >= 11 is 0. The molecule has 7 atom stereocenters. The molecule has 1 aromatic carbocycles. The number of nitrogens with zero attached hydrogens (tertiary/aromatic N) is 2. The lowest BCUT2D eigenvalue weighted by molar-refractivity contribution is -0.143. The number of hydrogen-bond donors (Lipinski definition) is 15. The number of rotatable bonds is 30. The fourth-order valence-corrected chi connectivity index (χ4v) is 7.05. The average molecular weight is 978 g/mol. The molecule has 0 spiro atoms. The topological polar surface area (TPSA) is 456 Å². The maximum atomic E-state index is 14.1. The molecule has 69 heavy (non-hydrogen) atoms. The highest BCUT2D eigenvalue weighted by Gasteiger charge is 2.39. The number of hydrogen-bond acceptors (Lipinski definition) is 15. The zero-order valence-electron chi connectivity index (χ0n) is 38.6. The normalized spacial score (nSPS) is 15.7. The number of guanidine groups is 1. The first-order chi connectivity index (χ1) is 32.6. The van der Waals surface area contributed by atoms with Crippen molar-refractivity contribution in [2.45, 2.75) is 114 Å². The number of phenols is 1. The molecule has 1 aromatic rings. The van der Waals surface area contributed by atoms with E-state index in [1.54, 1.807) is 13.8 Å². The number of carboxylic acids is 2. The van der Waals surface area contributed by atoms with E-state index in [2.05, 4.69) is 42.2 Å². The van der Waals surface area contributed by atoms with Crippen LogP contribution in [0.15, 0.2) is 29.3 Å². The van der Waals surface area contributed by atoms with Crippen LogP contribution in [0.1, 0.15) is 70.8 Å². The summed E-state index contributed by atoms with van der Waals surface area (Å²) in [6.07, 6.45) is 0.160. The van der Waals surface area contributed by atoms with Crippen LogP contribution in [0.25, 0.3) is 0 Å². The number of likely N-dealkylation sites (tertiary alicyclic amines) is 1. The van der Waals surface area contributed by atoms with Gasteiger partial charge in [0.25, 0.3) is 0 Å². The van der Waals surface area contributed by atoms with Crippen LogP contribution in [0, 0.1) is 5.92 Å². The van der Waals surface area contributed by atoms with E-state index < -0.39 is 134 Å². The monoisotopic (exact) mass is 977 g/mol. The van der Waals surface area contributed by atoms with Gasteiger partial charge in [0, 0.05) is 19.5 Å². The molecule has 0 bridgehead atoms. The number of nitrogens with two attached hydrogens (primary N) is 4. The fourth-order valence-electron chi connectivity index (χ4n) is 7.05. The van der Waals surface area contributed by atoms with Gasteiger partial charge in [-0.1, -0.05) is 26.0 Å². The molecule has 27 nitrogen and oxygen atoms in total. The van der Waals surface area contributed by atoms with E-state index in [1.807, 2.05) is 0 Å². The summed E-state index contributed by atoms with van der Waals surface area (Å²) in [5, 5.41) is 55.6. The van der Waals surface area contributed by atoms with E-state index in [9.17, 15) is 68.4 Å². The molecule has 0 aliphatic carbocycles. The molecule has 384 valence electrons. The minimum absolute atomic E-state index is 0.0317. The van der Waals surface area contributed by atoms with Crippen LogP contribution in [0.4, 0.5) is 0 Å². The van der Waals surface area contributed by atoms with Crippen LogP contribution in [-0.2, 0) is 54.4 Å². The number of benzene rings is 1. The van der Waals surface area contributed by atoms with E-state index in [0.717, 1.165) is 0 Å². The van der Waals surface area contributed by atoms with E-state index in [1.165, 1.54) is 29.2 Å². The van der Waals surface area contributed by atoms with Crippen molar-refractivity contribution in [3.8, 4) is 5.75 Å². The summed E-state index contributed by atoms with van der Waals surface area (Å²) in [6, 6.07) is -4.28. The van der Waals surface area contributed by atoms with Crippen LogP contribution >= 0.6 is 0 Å². The number of phenolic OH excluding ortho intramolecular Hbond substituents is 1. The minimum atomic E-state index is -1.86. The number of aromatic hydroxyl groups is 1. The Labute approximate surface area is 397 Å². The van der Waals surface area contributed by atoms with Crippen LogP contribution < -0.4 is 60.2 Å². The summed E-state index contributed by atoms with van der Waals surface area (Å²) in [5.74, 6) is -10.8. The lowest BCUT2D eigenvalue weighted by Gasteiger charge is -2.30. The molecule has 27 heteroatoms. The quantitative estimate of drug-likeness (QED) is 0.0194. The average Bonchev–Trinajstić information content (AvgIpc) is 3.79. The molecule has 0 unspecified atom stereocenters. The van der Waals surface area contributed by atoms with Crippen LogP contribution in [0.2, 0.25) is 0 Å². The van der Waals surface area contributed by atoms with E-state index in [0.29, 0.717) is 18.4 Å². The van der Waals surface area contributed by atoms with Crippen LogP contribution in [-0.4, -0.2) is 172 Å². The van der Waals surface area contributed by atoms with Gasteiger partial charge in [-0.2, -0.15) is 0 Å². The molecule has 1 saturated heterocycles. The van der Waals surface area contributed by atoms with Gasteiger partial charge in [0.2, 0.25) is 47.3 Å². The van der Waals surface area contributed by atoms with Crippen LogP contribution in [0.5, 0.6) is 5.75 Å². The van der Waals surface area contributed by atoms with Gasteiger partial charge < -0.3 is 85.5 Å². The Morgan fingerprint density at radius 2 is 1.33 bits per heavy atom. The predicted molar refractivity (Wildman–Crippen MR) is 245 cm³/mol. The highest BCUT2D eigenvalue weighted by molar-refractivity contribution is 5.98. The summed E-state index contributed by atoms with van der Waals surface area (Å²) in [5.41, 5.74) is 22.2. The Morgan fingerprint density at radius 3 is 1.91 bits per heavy atom. The van der Waals surface area contributed by atoms with Gasteiger partial charge in [0.1, 0.15) is 48.0 Å². The Balaban J connectivity index is 2.17. The van der Waals surface area contributed by atoms with Crippen molar-refractivity contribution >= 4 is 65.2 Å². The first-order valence-electron chi connectivity index (χ1n) is 22.3. The molecule has 0 radical (unpaired) electrons. The Bertz CT molecular complexity index is 1980. The van der Waals surface area contributed by atoms with Gasteiger partial charge in [-0.3, -0.25) is 48.1 Å². The number of amides is 8. The van der Waals surface area contributed by atoms with Gasteiger partial charge in [-0.05, 0) is 75.1 Å². The number of aliphatic carboxylic acids is 2. The van der Waals surface area contributed by atoms with Crippen LogP contribution in [0.3, 0.4) is 0 Å². The first-order valence-corrected chi connectivity index (χ1v) is 22.3. The van der Waals surface area contributed by atoms with E-state index in [4.69, 9.17) is 22.9 Å².